The highest BCUT2D eigenvalue weighted by Crippen LogP contribution is 2.39. The minimum absolute atomic E-state index is 0.0354. The van der Waals surface area contributed by atoms with Gasteiger partial charge in [-0.2, -0.15) is 8.42 Å². The second kappa shape index (κ2) is 5.10. The zero-order chi connectivity index (χ0) is 16.1. The third kappa shape index (κ3) is 2.20. The molecule has 3 rings (SSSR count). The lowest BCUT2D eigenvalue weighted by Crippen LogP contribution is -2.39. The molecule has 0 radical (unpaired) electrons. The summed E-state index contributed by atoms with van der Waals surface area (Å²) >= 11 is 5.74. The molecule has 2 heterocycles. The van der Waals surface area contributed by atoms with E-state index in [-0.39, 0.29) is 23.5 Å². The smallest absolute Gasteiger partial charge is 0.283 e. The van der Waals surface area contributed by atoms with E-state index in [1.165, 1.54) is 17.8 Å². The number of aryl methyl sites for hydroxylation is 1. The minimum Gasteiger partial charge on any atom is -0.486 e. The molecule has 1 aliphatic heterocycles. The summed E-state index contributed by atoms with van der Waals surface area (Å²) < 4.78 is 60.1. The van der Waals surface area contributed by atoms with Gasteiger partial charge in [0.2, 0.25) is 5.28 Å². The molecule has 10 heteroatoms. The first-order valence-electron chi connectivity index (χ1n) is 6.15. The van der Waals surface area contributed by atoms with Gasteiger partial charge in [-0.3, -0.25) is 4.31 Å². The van der Waals surface area contributed by atoms with Gasteiger partial charge in [-0.1, -0.05) is 0 Å². The summed E-state index contributed by atoms with van der Waals surface area (Å²) in [6, 6.07) is 1.72. The second-order valence-electron chi connectivity index (χ2n) is 4.59. The van der Waals surface area contributed by atoms with E-state index in [1.807, 2.05) is 0 Å². The van der Waals surface area contributed by atoms with E-state index in [1.54, 1.807) is 0 Å². The lowest BCUT2D eigenvalue weighted by Gasteiger charge is -2.30. The molecule has 0 bridgehead atoms. The molecule has 0 amide bonds. The van der Waals surface area contributed by atoms with Gasteiger partial charge < -0.3 is 9.30 Å². The first-order valence-corrected chi connectivity index (χ1v) is 7.96. The van der Waals surface area contributed by atoms with Crippen molar-refractivity contribution >= 4 is 27.3 Å². The van der Waals surface area contributed by atoms with E-state index >= 15 is 0 Å². The molecule has 0 saturated carbocycles. The number of benzene rings is 1. The zero-order valence-corrected chi connectivity index (χ0v) is 12.8. The van der Waals surface area contributed by atoms with Gasteiger partial charge in [0.05, 0.1) is 6.54 Å². The third-order valence-corrected chi connectivity index (χ3v) is 5.20. The van der Waals surface area contributed by atoms with Crippen LogP contribution in [0.2, 0.25) is 5.28 Å². The van der Waals surface area contributed by atoms with Gasteiger partial charge in [0, 0.05) is 13.2 Å². The van der Waals surface area contributed by atoms with Crippen molar-refractivity contribution in [3.8, 4) is 5.75 Å². The maximum Gasteiger partial charge on any atom is 0.283 e. The van der Waals surface area contributed by atoms with E-state index < -0.39 is 33.1 Å². The Labute approximate surface area is 129 Å². The average molecular weight is 350 g/mol. The molecule has 2 aromatic rings. The summed E-state index contributed by atoms with van der Waals surface area (Å²) in [6.45, 7) is -0.267. The molecule has 0 atom stereocenters. The summed E-state index contributed by atoms with van der Waals surface area (Å²) in [6.07, 6.45) is 1.20. The van der Waals surface area contributed by atoms with Crippen LogP contribution in [-0.4, -0.2) is 31.1 Å². The average Bonchev–Trinajstić information content (AvgIpc) is 2.83. The van der Waals surface area contributed by atoms with Crippen molar-refractivity contribution in [2.75, 3.05) is 17.5 Å². The molecule has 6 nitrogen and oxygen atoms in total. The number of rotatable bonds is 2. The van der Waals surface area contributed by atoms with Crippen molar-refractivity contribution in [2.45, 2.75) is 5.03 Å². The van der Waals surface area contributed by atoms with E-state index in [9.17, 15) is 17.2 Å². The predicted octanol–water partition coefficient (Wildman–Crippen LogP) is 1.94. The van der Waals surface area contributed by atoms with Crippen LogP contribution in [0.25, 0.3) is 0 Å². The molecule has 0 spiro atoms. The van der Waals surface area contributed by atoms with E-state index in [0.717, 1.165) is 16.4 Å². The monoisotopic (exact) mass is 349 g/mol. The highest BCUT2D eigenvalue weighted by atomic mass is 35.5. The van der Waals surface area contributed by atoms with Gasteiger partial charge >= 0.3 is 0 Å². The minimum atomic E-state index is -4.19. The van der Waals surface area contributed by atoms with Gasteiger partial charge in [-0.15, -0.1) is 0 Å². The van der Waals surface area contributed by atoms with Gasteiger partial charge in [0.25, 0.3) is 10.0 Å². The highest BCUT2D eigenvalue weighted by Gasteiger charge is 2.35. The number of imidazole rings is 1. The third-order valence-electron chi connectivity index (χ3n) is 3.18. The van der Waals surface area contributed by atoms with Crippen LogP contribution in [0, 0.1) is 11.6 Å². The Hall–Kier alpha value is -1.87. The van der Waals surface area contributed by atoms with Crippen LogP contribution in [0.3, 0.4) is 0 Å². The number of sulfonamides is 1. The summed E-state index contributed by atoms with van der Waals surface area (Å²) in [5.41, 5.74) is -0.465. The van der Waals surface area contributed by atoms with Crippen LogP contribution in [0.5, 0.6) is 5.75 Å². The molecule has 0 saturated heterocycles. The molecule has 1 aliphatic rings. The molecular weight excluding hydrogens is 340 g/mol. The summed E-state index contributed by atoms with van der Waals surface area (Å²) in [7, 11) is -2.67. The molecule has 118 valence electrons. The predicted molar refractivity (Wildman–Crippen MR) is 74.6 cm³/mol. The standard InChI is InChI=1S/C12H10ClF2N3O3S/c1-17-6-9(16-12(17)13)22(19,20)18-4-5-21-11-8(15)3-2-7(14)10(11)18/h2-3,6H,4-5H2,1H3. The van der Waals surface area contributed by atoms with Crippen molar-refractivity contribution in [3.05, 3.63) is 35.2 Å². The summed E-state index contributed by atoms with van der Waals surface area (Å²) in [4.78, 5) is 3.72. The van der Waals surface area contributed by atoms with Crippen LogP contribution in [0.4, 0.5) is 14.5 Å². The lowest BCUT2D eigenvalue weighted by atomic mass is 10.2. The van der Waals surface area contributed by atoms with Crippen molar-refractivity contribution in [1.29, 1.82) is 0 Å². The Morgan fingerprint density at radius 3 is 2.64 bits per heavy atom. The van der Waals surface area contributed by atoms with Gasteiger partial charge in [-0.05, 0) is 23.7 Å². The molecule has 0 N–H and O–H groups in total. The molecule has 0 unspecified atom stereocenters. The van der Waals surface area contributed by atoms with Gasteiger partial charge in [0.15, 0.2) is 22.4 Å². The first-order chi connectivity index (χ1) is 10.3. The molecule has 22 heavy (non-hydrogen) atoms. The fraction of sp³-hybridized carbons (Fsp3) is 0.250. The van der Waals surface area contributed by atoms with Crippen LogP contribution < -0.4 is 9.04 Å². The number of hydrogen-bond donors (Lipinski definition) is 0. The lowest BCUT2D eigenvalue weighted by molar-refractivity contribution is 0.296. The summed E-state index contributed by atoms with van der Waals surface area (Å²) in [5.74, 6) is -2.17. The number of hydrogen-bond acceptors (Lipinski definition) is 4. The quantitative estimate of drug-likeness (QED) is 0.831. The number of aromatic nitrogens is 2. The topological polar surface area (TPSA) is 64.4 Å². The molecular formula is C12H10ClF2N3O3S. The van der Waals surface area contributed by atoms with Gasteiger partial charge in [-0.25, -0.2) is 13.8 Å². The Kier molecular flexibility index (Phi) is 3.48. The SMILES string of the molecule is Cn1cc(S(=O)(=O)N2CCOc3c(F)ccc(F)c32)nc1Cl. The molecule has 0 fully saturated rings. The van der Waals surface area contributed by atoms with Crippen LogP contribution >= 0.6 is 11.6 Å². The fourth-order valence-electron chi connectivity index (χ4n) is 2.13. The van der Waals surface area contributed by atoms with Crippen molar-refractivity contribution in [3.63, 3.8) is 0 Å². The number of anilines is 1. The van der Waals surface area contributed by atoms with Crippen LogP contribution in [0.1, 0.15) is 0 Å². The zero-order valence-electron chi connectivity index (χ0n) is 11.3. The number of ether oxygens (including phenoxy) is 1. The summed E-state index contributed by atoms with van der Waals surface area (Å²) in [5, 5.41) is -0.386. The number of fused-ring (bicyclic) bond motifs is 1. The first kappa shape index (κ1) is 15.0. The molecule has 0 aliphatic carbocycles. The Balaban J connectivity index is 2.17. The molecule has 1 aromatic heterocycles. The fourth-order valence-corrected chi connectivity index (χ4v) is 3.76. The largest absolute Gasteiger partial charge is 0.486 e. The number of halogens is 3. The van der Waals surface area contributed by atoms with Crippen molar-refractivity contribution < 1.29 is 21.9 Å². The Morgan fingerprint density at radius 2 is 2.00 bits per heavy atom. The Bertz CT molecular complexity index is 834. The highest BCUT2D eigenvalue weighted by molar-refractivity contribution is 7.92. The van der Waals surface area contributed by atoms with Crippen molar-refractivity contribution in [1.82, 2.24) is 9.55 Å². The van der Waals surface area contributed by atoms with E-state index in [0.29, 0.717) is 0 Å². The van der Waals surface area contributed by atoms with Crippen LogP contribution in [0.15, 0.2) is 23.4 Å². The van der Waals surface area contributed by atoms with E-state index in [2.05, 4.69) is 4.98 Å². The maximum absolute atomic E-state index is 14.0. The van der Waals surface area contributed by atoms with Crippen molar-refractivity contribution in [2.24, 2.45) is 7.05 Å². The number of nitrogens with zero attached hydrogens (tertiary/aromatic N) is 3. The normalized spacial score (nSPS) is 14.6. The Morgan fingerprint density at radius 1 is 1.32 bits per heavy atom. The van der Waals surface area contributed by atoms with E-state index in [4.69, 9.17) is 16.3 Å². The van der Waals surface area contributed by atoms with Gasteiger partial charge in [0.1, 0.15) is 12.3 Å². The molecule has 1 aromatic carbocycles. The second-order valence-corrected chi connectivity index (χ2v) is 6.74. The van der Waals surface area contributed by atoms with Crippen LogP contribution in [-0.2, 0) is 17.1 Å². The maximum atomic E-state index is 14.0.